The first-order chi connectivity index (χ1) is 18.1. The molecule has 0 radical (unpaired) electrons. The molecule has 1 aliphatic rings. The average molecular weight is 570 g/mol. The van der Waals surface area contributed by atoms with Gasteiger partial charge in [-0.3, -0.25) is 4.57 Å². The van der Waals surface area contributed by atoms with E-state index in [1.165, 1.54) is 12.1 Å². The van der Waals surface area contributed by atoms with E-state index in [9.17, 15) is 9.18 Å². The van der Waals surface area contributed by atoms with Crippen molar-refractivity contribution in [3.8, 4) is 6.01 Å². The molecule has 6 nitrogen and oxygen atoms in total. The second kappa shape index (κ2) is 12.6. The number of nitrogens with zero attached hydrogens (tertiary/aromatic N) is 3. The normalized spacial score (nSPS) is 14.2. The first-order valence-corrected chi connectivity index (χ1v) is 12.7. The summed E-state index contributed by atoms with van der Waals surface area (Å²) in [7, 11) is 0. The van der Waals surface area contributed by atoms with Crippen molar-refractivity contribution in [2.24, 2.45) is 0 Å². The summed E-state index contributed by atoms with van der Waals surface area (Å²) < 4.78 is 27.4. The Hall–Kier alpha value is -3.39. The van der Waals surface area contributed by atoms with Crippen molar-refractivity contribution in [2.75, 3.05) is 19.6 Å². The molecule has 0 bridgehead atoms. The first kappa shape index (κ1) is 28.6. The quantitative estimate of drug-likeness (QED) is 0.216. The Labute approximate surface area is 238 Å². The number of rotatable bonds is 7. The van der Waals surface area contributed by atoms with Crippen molar-refractivity contribution < 1.29 is 13.5 Å². The van der Waals surface area contributed by atoms with E-state index in [0.29, 0.717) is 30.1 Å². The summed E-state index contributed by atoms with van der Waals surface area (Å²) in [5.41, 5.74) is 3.95. The Morgan fingerprint density at radius 1 is 0.949 bits per heavy atom. The number of hydrogen-bond donors (Lipinski definition) is 0. The van der Waals surface area contributed by atoms with Crippen molar-refractivity contribution in [2.45, 2.75) is 31.9 Å². The van der Waals surface area contributed by atoms with Crippen LogP contribution < -0.4 is 10.4 Å². The van der Waals surface area contributed by atoms with E-state index in [-0.39, 0.29) is 42.4 Å². The number of halogens is 3. The largest absolute Gasteiger partial charge is 0.461 e. The van der Waals surface area contributed by atoms with Crippen molar-refractivity contribution in [1.82, 2.24) is 14.5 Å². The number of aromatic nitrogens is 2. The fourth-order valence-corrected chi connectivity index (χ4v) is 5.03. The van der Waals surface area contributed by atoms with Crippen molar-refractivity contribution in [3.63, 3.8) is 0 Å². The molecule has 0 N–H and O–H groups in total. The summed E-state index contributed by atoms with van der Waals surface area (Å²) in [5.74, 6) is -0.246. The zero-order chi connectivity index (χ0) is 25.2. The van der Waals surface area contributed by atoms with Gasteiger partial charge >= 0.3 is 5.63 Å². The lowest BCUT2D eigenvalue weighted by molar-refractivity contribution is 0.0907. The van der Waals surface area contributed by atoms with Crippen LogP contribution in [0.5, 0.6) is 6.01 Å². The van der Waals surface area contributed by atoms with Crippen LogP contribution in [0.3, 0.4) is 0 Å². The van der Waals surface area contributed by atoms with Crippen molar-refractivity contribution in [3.05, 3.63) is 106 Å². The molecule has 0 amide bonds. The highest BCUT2D eigenvalue weighted by Crippen LogP contribution is 2.26. The minimum absolute atomic E-state index is 0. The van der Waals surface area contributed by atoms with E-state index in [1.54, 1.807) is 12.1 Å². The van der Waals surface area contributed by atoms with E-state index < -0.39 is 0 Å². The fraction of sp³-hybridized carbons (Fsp3) is 0.267. The van der Waals surface area contributed by atoms with Crippen LogP contribution in [0.2, 0.25) is 0 Å². The molecule has 0 atom stereocenters. The summed E-state index contributed by atoms with van der Waals surface area (Å²) in [6, 6.07) is 24.7. The number of benzene rings is 3. The molecule has 1 saturated heterocycles. The van der Waals surface area contributed by atoms with Gasteiger partial charge in [-0.05, 0) is 61.2 Å². The molecule has 1 fully saturated rings. The van der Waals surface area contributed by atoms with Gasteiger partial charge in [-0.15, -0.1) is 24.8 Å². The van der Waals surface area contributed by atoms with Gasteiger partial charge in [0.2, 0.25) is 0 Å². The van der Waals surface area contributed by atoms with Gasteiger partial charge in [0.1, 0.15) is 17.5 Å². The van der Waals surface area contributed by atoms with Gasteiger partial charge in [-0.25, -0.2) is 9.18 Å². The van der Waals surface area contributed by atoms with Crippen LogP contribution in [0, 0.1) is 5.82 Å². The van der Waals surface area contributed by atoms with Crippen LogP contribution in [-0.4, -0.2) is 40.2 Å². The molecule has 6 rings (SSSR count). The van der Waals surface area contributed by atoms with Crippen molar-refractivity contribution in [1.29, 1.82) is 0 Å². The molecule has 0 aliphatic carbocycles. The van der Waals surface area contributed by atoms with Gasteiger partial charge in [0.25, 0.3) is 6.01 Å². The molecule has 3 aromatic carbocycles. The third-order valence-electron chi connectivity index (χ3n) is 7.09. The molecule has 5 aromatic rings. The van der Waals surface area contributed by atoms with Crippen LogP contribution in [0.1, 0.15) is 24.0 Å². The Kier molecular flexibility index (Phi) is 9.28. The van der Waals surface area contributed by atoms with Crippen LogP contribution in [0.4, 0.5) is 4.39 Å². The molecule has 39 heavy (non-hydrogen) atoms. The Morgan fingerprint density at radius 2 is 1.67 bits per heavy atom. The van der Waals surface area contributed by atoms with E-state index in [2.05, 4.69) is 9.47 Å². The van der Waals surface area contributed by atoms with Crippen LogP contribution in [0.15, 0.2) is 88.1 Å². The number of ether oxygens (including phenoxy) is 1. The van der Waals surface area contributed by atoms with Gasteiger partial charge in [0, 0.05) is 30.6 Å². The lowest BCUT2D eigenvalue weighted by Crippen LogP contribution is -2.39. The second-order valence-corrected chi connectivity index (χ2v) is 9.60. The van der Waals surface area contributed by atoms with Gasteiger partial charge in [-0.2, -0.15) is 4.98 Å². The van der Waals surface area contributed by atoms with E-state index in [1.807, 2.05) is 54.6 Å². The number of likely N-dealkylation sites (tertiary alicyclic amines) is 1. The van der Waals surface area contributed by atoms with Crippen LogP contribution in [0.25, 0.3) is 22.0 Å². The molecule has 3 heterocycles. The van der Waals surface area contributed by atoms with Crippen LogP contribution >= 0.6 is 24.8 Å². The summed E-state index contributed by atoms with van der Waals surface area (Å²) in [6.07, 6.45) is 2.48. The van der Waals surface area contributed by atoms with E-state index in [4.69, 9.17) is 14.1 Å². The lowest BCUT2D eigenvalue weighted by Gasteiger charge is -2.31. The van der Waals surface area contributed by atoms with E-state index in [0.717, 1.165) is 54.5 Å². The van der Waals surface area contributed by atoms with Crippen LogP contribution in [-0.2, 0) is 13.0 Å². The fourth-order valence-electron chi connectivity index (χ4n) is 5.03. The lowest BCUT2D eigenvalue weighted by atomic mass is 10.1. The Morgan fingerprint density at radius 3 is 2.46 bits per heavy atom. The maximum atomic E-state index is 13.4. The first-order valence-electron chi connectivity index (χ1n) is 12.7. The monoisotopic (exact) mass is 569 g/mol. The third kappa shape index (κ3) is 6.44. The molecular weight excluding hydrogens is 540 g/mol. The topological polar surface area (TPSA) is 60.5 Å². The number of hydrogen-bond acceptors (Lipinski definition) is 5. The predicted octanol–water partition coefficient (Wildman–Crippen LogP) is 6.26. The molecule has 9 heteroatoms. The van der Waals surface area contributed by atoms with Gasteiger partial charge < -0.3 is 14.1 Å². The minimum atomic E-state index is -0.253. The minimum Gasteiger partial charge on any atom is -0.461 e. The SMILES string of the molecule is Cl.Cl.O=c1oc2ccccc2cc1CCN1CCC(Oc2nc3ccccc3n2Cc2ccc(F)cc2)CC1. The zero-order valence-electron chi connectivity index (χ0n) is 21.3. The highest BCUT2D eigenvalue weighted by atomic mass is 35.5. The standard InChI is InChI=1S/C30H28FN3O3.2ClH/c31-24-11-9-21(10-12-24)20-34-27-7-3-2-6-26(27)32-30(34)36-25-14-17-33(18-15-25)16-13-23-19-22-5-1-4-8-28(22)37-29(23)35;;/h1-12,19,25H,13-18,20H2;2*1H. The Balaban J connectivity index is 0.00000176. The predicted molar refractivity (Wildman–Crippen MR) is 156 cm³/mol. The van der Waals surface area contributed by atoms with Gasteiger partial charge in [0.05, 0.1) is 17.6 Å². The maximum absolute atomic E-state index is 13.4. The third-order valence-corrected chi connectivity index (χ3v) is 7.09. The summed E-state index contributed by atoms with van der Waals surface area (Å²) in [4.78, 5) is 19.5. The molecule has 2 aromatic heterocycles. The Bertz CT molecular complexity index is 1600. The van der Waals surface area contributed by atoms with E-state index >= 15 is 0 Å². The summed E-state index contributed by atoms with van der Waals surface area (Å²) in [5, 5.41) is 0.952. The maximum Gasteiger partial charge on any atom is 0.339 e. The zero-order valence-corrected chi connectivity index (χ0v) is 22.9. The van der Waals surface area contributed by atoms with Gasteiger partial charge in [0.15, 0.2) is 0 Å². The number of para-hydroxylation sites is 3. The summed E-state index contributed by atoms with van der Waals surface area (Å²) in [6.45, 7) is 3.14. The second-order valence-electron chi connectivity index (χ2n) is 9.60. The molecule has 0 unspecified atom stereocenters. The number of fused-ring (bicyclic) bond motifs is 2. The average Bonchev–Trinajstić information content (AvgIpc) is 3.26. The summed E-state index contributed by atoms with van der Waals surface area (Å²) >= 11 is 0. The highest BCUT2D eigenvalue weighted by molar-refractivity contribution is 5.85. The molecular formula is C30H30Cl2FN3O3. The highest BCUT2D eigenvalue weighted by Gasteiger charge is 2.23. The molecule has 204 valence electrons. The number of piperidine rings is 1. The smallest absolute Gasteiger partial charge is 0.339 e. The molecule has 0 saturated carbocycles. The van der Waals surface area contributed by atoms with Gasteiger partial charge in [-0.1, -0.05) is 42.5 Å². The van der Waals surface area contributed by atoms with Crippen molar-refractivity contribution >= 4 is 46.8 Å². The molecule has 0 spiro atoms. The molecule has 1 aliphatic heterocycles. The number of imidazole rings is 1.